The number of amides is 1. The van der Waals surface area contributed by atoms with Crippen molar-refractivity contribution in [2.75, 3.05) is 11.1 Å². The van der Waals surface area contributed by atoms with E-state index in [4.69, 9.17) is 0 Å². The minimum Gasteiger partial charge on any atom is -0.295 e. The molecule has 2 rings (SSSR count). The van der Waals surface area contributed by atoms with Crippen molar-refractivity contribution in [2.24, 2.45) is 7.05 Å². The number of aryl methyl sites for hydroxylation is 1. The van der Waals surface area contributed by atoms with Crippen molar-refractivity contribution in [3.63, 3.8) is 0 Å². The second-order valence-electron chi connectivity index (χ2n) is 3.63. The molecular weight excluding hydrogens is 350 g/mol. The van der Waals surface area contributed by atoms with Gasteiger partial charge in [-0.05, 0) is 28.6 Å². The average molecular weight is 362 g/mol. The van der Waals surface area contributed by atoms with Gasteiger partial charge in [-0.2, -0.15) is 5.10 Å². The van der Waals surface area contributed by atoms with Crippen LogP contribution in [0.15, 0.2) is 8.81 Å². The molecule has 0 radical (unpaired) electrons. The Morgan fingerprint density at radius 1 is 1.53 bits per heavy atom. The van der Waals surface area contributed by atoms with E-state index in [0.29, 0.717) is 15.3 Å². The molecule has 0 aliphatic rings. The van der Waals surface area contributed by atoms with E-state index < -0.39 is 0 Å². The van der Waals surface area contributed by atoms with Gasteiger partial charge in [0.25, 0.3) is 5.91 Å². The Morgan fingerprint density at radius 2 is 2.26 bits per heavy atom. The molecule has 0 saturated carbocycles. The SMILES string of the molecule is CCSc1nnc(NC(=O)c2nn(C)c(C)c2Br)s1. The van der Waals surface area contributed by atoms with Crippen molar-refractivity contribution in [3.8, 4) is 0 Å². The molecule has 19 heavy (non-hydrogen) atoms. The third kappa shape index (κ3) is 3.15. The summed E-state index contributed by atoms with van der Waals surface area (Å²) in [6.07, 6.45) is 0. The van der Waals surface area contributed by atoms with Crippen molar-refractivity contribution < 1.29 is 4.79 Å². The fourth-order valence-electron chi connectivity index (χ4n) is 1.33. The van der Waals surface area contributed by atoms with Crippen LogP contribution in [-0.4, -0.2) is 31.6 Å². The Bertz CT molecular complexity index is 609. The number of halogens is 1. The lowest BCUT2D eigenvalue weighted by molar-refractivity contribution is 0.102. The molecule has 2 aromatic rings. The van der Waals surface area contributed by atoms with Gasteiger partial charge in [0.2, 0.25) is 5.13 Å². The monoisotopic (exact) mass is 361 g/mol. The largest absolute Gasteiger partial charge is 0.295 e. The summed E-state index contributed by atoms with van der Waals surface area (Å²) in [5.41, 5.74) is 1.24. The Morgan fingerprint density at radius 3 is 2.84 bits per heavy atom. The predicted octanol–water partition coefficient (Wildman–Crippen LogP) is 2.71. The molecule has 2 aromatic heterocycles. The van der Waals surface area contributed by atoms with E-state index in [0.717, 1.165) is 15.8 Å². The molecule has 9 heteroatoms. The average Bonchev–Trinajstić information content (AvgIpc) is 2.90. The van der Waals surface area contributed by atoms with E-state index >= 15 is 0 Å². The van der Waals surface area contributed by atoms with Crippen LogP contribution in [0.3, 0.4) is 0 Å². The summed E-state index contributed by atoms with van der Waals surface area (Å²) in [4.78, 5) is 12.1. The van der Waals surface area contributed by atoms with Gasteiger partial charge in [0.1, 0.15) is 0 Å². The predicted molar refractivity (Wildman–Crippen MR) is 79.9 cm³/mol. The van der Waals surface area contributed by atoms with Gasteiger partial charge in [0.05, 0.1) is 10.2 Å². The topological polar surface area (TPSA) is 72.7 Å². The minimum atomic E-state index is -0.292. The normalized spacial score (nSPS) is 10.7. The lowest BCUT2D eigenvalue weighted by Gasteiger charge is -1.97. The van der Waals surface area contributed by atoms with Crippen LogP contribution in [0.4, 0.5) is 5.13 Å². The summed E-state index contributed by atoms with van der Waals surface area (Å²) in [5, 5.41) is 15.2. The van der Waals surface area contributed by atoms with Gasteiger partial charge in [-0.15, -0.1) is 10.2 Å². The molecule has 0 aromatic carbocycles. The molecule has 2 heterocycles. The number of nitrogens with zero attached hydrogens (tertiary/aromatic N) is 4. The van der Waals surface area contributed by atoms with Crippen molar-refractivity contribution in [1.82, 2.24) is 20.0 Å². The first kappa shape index (κ1) is 14.5. The first-order chi connectivity index (χ1) is 9.02. The fraction of sp³-hybridized carbons (Fsp3) is 0.400. The van der Waals surface area contributed by atoms with Gasteiger partial charge in [-0.25, -0.2) is 0 Å². The standard InChI is InChI=1S/C10H12BrN5OS2/c1-4-18-10-14-13-9(19-10)12-8(17)7-6(11)5(2)16(3)15-7/h4H2,1-3H3,(H,12,13,17). The van der Waals surface area contributed by atoms with E-state index in [2.05, 4.69) is 36.5 Å². The molecule has 0 unspecified atom stereocenters. The third-order valence-corrected chi connectivity index (χ3v) is 5.17. The summed E-state index contributed by atoms with van der Waals surface area (Å²) in [6, 6.07) is 0. The van der Waals surface area contributed by atoms with Crippen LogP contribution < -0.4 is 5.32 Å². The summed E-state index contributed by atoms with van der Waals surface area (Å²) < 4.78 is 3.19. The number of hydrogen-bond acceptors (Lipinski definition) is 6. The van der Waals surface area contributed by atoms with Gasteiger partial charge >= 0.3 is 0 Å². The van der Waals surface area contributed by atoms with Gasteiger partial charge < -0.3 is 0 Å². The molecule has 0 aliphatic carbocycles. The van der Waals surface area contributed by atoms with Crippen LogP contribution in [0.25, 0.3) is 0 Å². The molecule has 0 spiro atoms. The number of nitrogens with one attached hydrogen (secondary N) is 1. The van der Waals surface area contributed by atoms with Crippen LogP contribution in [0, 0.1) is 6.92 Å². The second-order valence-corrected chi connectivity index (χ2v) is 6.91. The number of anilines is 1. The lowest BCUT2D eigenvalue weighted by Crippen LogP contribution is -2.13. The number of thioether (sulfide) groups is 1. The molecule has 1 amide bonds. The number of carbonyl (C=O) groups excluding carboxylic acids is 1. The zero-order valence-electron chi connectivity index (χ0n) is 10.6. The van der Waals surface area contributed by atoms with Crippen LogP contribution in [0.1, 0.15) is 23.1 Å². The Balaban J connectivity index is 2.13. The van der Waals surface area contributed by atoms with Gasteiger partial charge in [0.15, 0.2) is 10.0 Å². The highest BCUT2D eigenvalue weighted by Gasteiger charge is 2.19. The summed E-state index contributed by atoms with van der Waals surface area (Å²) >= 11 is 6.31. The van der Waals surface area contributed by atoms with Crippen LogP contribution in [0.2, 0.25) is 0 Å². The number of hydrogen-bond donors (Lipinski definition) is 1. The molecule has 102 valence electrons. The first-order valence-corrected chi connectivity index (χ1v) is 8.09. The van der Waals surface area contributed by atoms with Gasteiger partial charge in [0, 0.05) is 7.05 Å². The summed E-state index contributed by atoms with van der Waals surface area (Å²) in [7, 11) is 1.79. The van der Waals surface area contributed by atoms with Crippen LogP contribution in [0.5, 0.6) is 0 Å². The molecule has 0 saturated heterocycles. The fourth-order valence-corrected chi connectivity index (χ4v) is 3.49. The Kier molecular flexibility index (Phi) is 4.58. The van der Waals surface area contributed by atoms with Crippen LogP contribution >= 0.6 is 39.0 Å². The quantitative estimate of drug-likeness (QED) is 0.669. The second kappa shape index (κ2) is 6.02. The van der Waals surface area contributed by atoms with E-state index in [1.807, 2.05) is 13.8 Å². The maximum absolute atomic E-state index is 12.1. The molecule has 0 aliphatic heterocycles. The number of carbonyl (C=O) groups is 1. The zero-order chi connectivity index (χ0) is 14.0. The third-order valence-electron chi connectivity index (χ3n) is 2.37. The van der Waals surface area contributed by atoms with E-state index in [1.165, 1.54) is 11.3 Å². The van der Waals surface area contributed by atoms with Crippen LogP contribution in [-0.2, 0) is 7.05 Å². The summed E-state index contributed by atoms with van der Waals surface area (Å²) in [6.45, 7) is 3.92. The minimum absolute atomic E-state index is 0.292. The highest BCUT2D eigenvalue weighted by atomic mass is 79.9. The van der Waals surface area contributed by atoms with E-state index in [9.17, 15) is 4.79 Å². The summed E-state index contributed by atoms with van der Waals surface area (Å²) in [5.74, 6) is 0.632. The molecule has 6 nitrogen and oxygen atoms in total. The highest BCUT2D eigenvalue weighted by Crippen LogP contribution is 2.26. The lowest BCUT2D eigenvalue weighted by atomic mass is 10.3. The highest BCUT2D eigenvalue weighted by molar-refractivity contribution is 9.10. The van der Waals surface area contributed by atoms with Crippen molar-refractivity contribution in [3.05, 3.63) is 15.9 Å². The van der Waals surface area contributed by atoms with Crippen molar-refractivity contribution in [1.29, 1.82) is 0 Å². The maximum atomic E-state index is 12.1. The van der Waals surface area contributed by atoms with Crippen molar-refractivity contribution >= 4 is 50.1 Å². The number of rotatable bonds is 4. The zero-order valence-corrected chi connectivity index (χ0v) is 13.8. The molecule has 0 atom stereocenters. The molecule has 0 bridgehead atoms. The smallest absolute Gasteiger partial charge is 0.279 e. The van der Waals surface area contributed by atoms with Gasteiger partial charge in [-0.3, -0.25) is 14.8 Å². The van der Waals surface area contributed by atoms with E-state index in [-0.39, 0.29) is 5.91 Å². The molecule has 0 fully saturated rings. The molecule has 1 N–H and O–H groups in total. The van der Waals surface area contributed by atoms with Crippen molar-refractivity contribution in [2.45, 2.75) is 18.2 Å². The molecular formula is C10H12BrN5OS2. The Hall–Kier alpha value is -0.930. The van der Waals surface area contributed by atoms with E-state index in [1.54, 1.807) is 23.5 Å². The Labute approximate surface area is 127 Å². The first-order valence-electron chi connectivity index (χ1n) is 5.49. The maximum Gasteiger partial charge on any atom is 0.279 e. The number of aromatic nitrogens is 4. The van der Waals surface area contributed by atoms with Gasteiger partial charge in [-0.1, -0.05) is 30.0 Å².